The highest BCUT2D eigenvalue weighted by Crippen LogP contribution is 2.32. The van der Waals surface area contributed by atoms with Crippen LogP contribution in [0.15, 0.2) is 24.3 Å². The van der Waals surface area contributed by atoms with E-state index in [1.54, 1.807) is 12.1 Å². The molecule has 1 saturated carbocycles. The molecule has 1 unspecified atom stereocenters. The van der Waals surface area contributed by atoms with Crippen molar-refractivity contribution in [3.63, 3.8) is 0 Å². The van der Waals surface area contributed by atoms with Crippen molar-refractivity contribution < 1.29 is 19.4 Å². The van der Waals surface area contributed by atoms with E-state index in [2.05, 4.69) is 10.2 Å². The van der Waals surface area contributed by atoms with Crippen LogP contribution >= 0.6 is 0 Å². The van der Waals surface area contributed by atoms with E-state index in [0.29, 0.717) is 18.0 Å². The lowest BCUT2D eigenvalue weighted by molar-refractivity contribution is -0.134. The van der Waals surface area contributed by atoms with Crippen molar-refractivity contribution >= 4 is 11.8 Å². The van der Waals surface area contributed by atoms with Crippen LogP contribution in [0.3, 0.4) is 0 Å². The Morgan fingerprint density at radius 3 is 2.42 bits per heavy atom. The van der Waals surface area contributed by atoms with Crippen LogP contribution in [0.25, 0.3) is 0 Å². The first-order valence-electron chi connectivity index (χ1n) is 11.8. The molecule has 2 N–H and O–H groups in total. The van der Waals surface area contributed by atoms with Gasteiger partial charge in [0.1, 0.15) is 11.9 Å². The number of rotatable bonds is 8. The number of piperidine rings is 2. The number of aliphatic hydroxyl groups is 1. The van der Waals surface area contributed by atoms with Crippen molar-refractivity contribution in [3.8, 4) is 5.75 Å². The fraction of sp³-hybridized carbons (Fsp3) is 0.667. The smallest absolute Gasteiger partial charge is 0.251 e. The van der Waals surface area contributed by atoms with Gasteiger partial charge in [-0.15, -0.1) is 0 Å². The Bertz CT molecular complexity index is 742. The normalized spacial score (nSPS) is 22.9. The molecular weight excluding hydrogens is 394 g/mol. The van der Waals surface area contributed by atoms with E-state index in [9.17, 15) is 14.7 Å². The second-order valence-electron chi connectivity index (χ2n) is 9.07. The number of likely N-dealkylation sites (tertiary alicyclic amines) is 2. The topological polar surface area (TPSA) is 82.1 Å². The van der Waals surface area contributed by atoms with E-state index in [-0.39, 0.29) is 30.6 Å². The first-order chi connectivity index (χ1) is 15.1. The van der Waals surface area contributed by atoms with E-state index in [1.165, 1.54) is 6.42 Å². The molecule has 1 aromatic rings. The largest absolute Gasteiger partial charge is 0.490 e. The number of carbonyl (C=O) groups is 2. The average molecular weight is 430 g/mol. The maximum Gasteiger partial charge on any atom is 0.251 e. The number of amides is 2. The van der Waals surface area contributed by atoms with Crippen molar-refractivity contribution in [1.29, 1.82) is 0 Å². The van der Waals surface area contributed by atoms with Gasteiger partial charge in [-0.2, -0.15) is 0 Å². The standard InChI is InChI=1S/C24H35N3O4/c28-17-20-3-1-2-13-26(20)16-12-25-23(29)18-6-8-21(9-7-18)31-22-10-14-27(15-11-22)24(30)19-4-5-19/h6-9,19-20,22,28H,1-5,10-17H2,(H,25,29). The molecule has 1 aliphatic carbocycles. The van der Waals surface area contributed by atoms with Gasteiger partial charge in [0.25, 0.3) is 5.91 Å². The molecule has 2 amide bonds. The van der Waals surface area contributed by atoms with Crippen LogP contribution in [-0.2, 0) is 4.79 Å². The zero-order valence-electron chi connectivity index (χ0n) is 18.3. The minimum absolute atomic E-state index is 0.0870. The Morgan fingerprint density at radius 2 is 1.74 bits per heavy atom. The van der Waals surface area contributed by atoms with Gasteiger partial charge in [0, 0.05) is 56.5 Å². The minimum Gasteiger partial charge on any atom is -0.490 e. The van der Waals surface area contributed by atoms with Gasteiger partial charge < -0.3 is 20.1 Å². The summed E-state index contributed by atoms with van der Waals surface area (Å²) >= 11 is 0. The molecule has 2 saturated heterocycles. The molecule has 3 aliphatic rings. The summed E-state index contributed by atoms with van der Waals surface area (Å²) in [6.07, 6.45) is 7.28. The van der Waals surface area contributed by atoms with E-state index in [0.717, 1.165) is 70.5 Å². The van der Waals surface area contributed by atoms with Gasteiger partial charge in [0.05, 0.1) is 6.61 Å². The Kier molecular flexibility index (Phi) is 7.45. The molecule has 0 spiro atoms. The van der Waals surface area contributed by atoms with Crippen LogP contribution in [0.5, 0.6) is 5.75 Å². The number of benzene rings is 1. The molecule has 7 nitrogen and oxygen atoms in total. The highest BCUT2D eigenvalue weighted by atomic mass is 16.5. The number of ether oxygens (including phenoxy) is 1. The molecule has 4 rings (SSSR count). The summed E-state index contributed by atoms with van der Waals surface area (Å²) in [5, 5.41) is 12.5. The van der Waals surface area contributed by atoms with E-state index in [4.69, 9.17) is 4.74 Å². The second-order valence-corrected chi connectivity index (χ2v) is 9.07. The first-order valence-corrected chi connectivity index (χ1v) is 11.8. The summed E-state index contributed by atoms with van der Waals surface area (Å²) < 4.78 is 6.08. The van der Waals surface area contributed by atoms with Crippen molar-refractivity contribution in [2.45, 2.75) is 57.1 Å². The van der Waals surface area contributed by atoms with Crippen LogP contribution < -0.4 is 10.1 Å². The van der Waals surface area contributed by atoms with Gasteiger partial charge in [0.2, 0.25) is 5.91 Å². The third-order valence-electron chi connectivity index (χ3n) is 6.74. The molecule has 1 atom stereocenters. The highest BCUT2D eigenvalue weighted by molar-refractivity contribution is 5.94. The lowest BCUT2D eigenvalue weighted by Crippen LogP contribution is -2.45. The number of aliphatic hydroxyl groups excluding tert-OH is 1. The molecule has 0 aromatic heterocycles. The number of nitrogens with zero attached hydrogens (tertiary/aromatic N) is 2. The Balaban J connectivity index is 1.18. The molecule has 2 heterocycles. The van der Waals surface area contributed by atoms with E-state index < -0.39 is 0 Å². The minimum atomic E-state index is -0.0870. The fourth-order valence-electron chi connectivity index (χ4n) is 4.64. The maximum absolute atomic E-state index is 12.4. The van der Waals surface area contributed by atoms with Crippen LogP contribution in [0, 0.1) is 5.92 Å². The second kappa shape index (κ2) is 10.5. The zero-order chi connectivity index (χ0) is 21.6. The summed E-state index contributed by atoms with van der Waals surface area (Å²) in [5.74, 6) is 1.28. The lowest BCUT2D eigenvalue weighted by atomic mass is 10.0. The molecule has 170 valence electrons. The quantitative estimate of drug-likeness (QED) is 0.661. The van der Waals surface area contributed by atoms with Gasteiger partial charge in [-0.3, -0.25) is 14.5 Å². The summed E-state index contributed by atoms with van der Waals surface area (Å²) in [7, 11) is 0. The lowest BCUT2D eigenvalue weighted by Gasteiger charge is -2.34. The van der Waals surface area contributed by atoms with Gasteiger partial charge in [-0.25, -0.2) is 0 Å². The van der Waals surface area contributed by atoms with Crippen molar-refractivity contribution in [3.05, 3.63) is 29.8 Å². The molecule has 2 aliphatic heterocycles. The predicted molar refractivity (Wildman–Crippen MR) is 118 cm³/mol. The number of hydrogen-bond donors (Lipinski definition) is 2. The number of nitrogens with one attached hydrogen (secondary N) is 1. The number of carbonyl (C=O) groups excluding carboxylic acids is 2. The summed E-state index contributed by atoms with van der Waals surface area (Å²) in [6, 6.07) is 7.52. The zero-order valence-corrected chi connectivity index (χ0v) is 18.3. The average Bonchev–Trinajstić information content (AvgIpc) is 3.65. The van der Waals surface area contributed by atoms with E-state index in [1.807, 2.05) is 17.0 Å². The Labute approximate surface area is 184 Å². The van der Waals surface area contributed by atoms with Crippen LogP contribution in [0.1, 0.15) is 55.3 Å². The summed E-state index contributed by atoms with van der Waals surface area (Å²) in [5.41, 5.74) is 0.620. The van der Waals surface area contributed by atoms with Crippen LogP contribution in [-0.4, -0.2) is 78.2 Å². The molecule has 7 heteroatoms. The monoisotopic (exact) mass is 429 g/mol. The predicted octanol–water partition coefficient (Wildman–Crippen LogP) is 2.04. The van der Waals surface area contributed by atoms with Gasteiger partial charge in [-0.1, -0.05) is 6.42 Å². The molecule has 0 bridgehead atoms. The third-order valence-corrected chi connectivity index (χ3v) is 6.74. The Hall–Kier alpha value is -2.12. The summed E-state index contributed by atoms with van der Waals surface area (Å²) in [6.45, 7) is 4.06. The van der Waals surface area contributed by atoms with Gasteiger partial charge in [0.15, 0.2) is 0 Å². The summed E-state index contributed by atoms with van der Waals surface area (Å²) in [4.78, 5) is 28.8. The molecule has 1 aromatic carbocycles. The van der Waals surface area contributed by atoms with Crippen molar-refractivity contribution in [2.24, 2.45) is 5.92 Å². The van der Waals surface area contributed by atoms with Crippen LogP contribution in [0.4, 0.5) is 0 Å². The fourth-order valence-corrected chi connectivity index (χ4v) is 4.64. The third kappa shape index (κ3) is 5.98. The van der Waals surface area contributed by atoms with Crippen molar-refractivity contribution in [2.75, 3.05) is 39.3 Å². The SMILES string of the molecule is O=C(NCCN1CCCCC1CO)c1ccc(OC2CCN(C(=O)C3CC3)CC2)cc1. The van der Waals surface area contributed by atoms with Crippen LogP contribution in [0.2, 0.25) is 0 Å². The molecular formula is C24H35N3O4. The highest BCUT2D eigenvalue weighted by Gasteiger charge is 2.35. The maximum atomic E-state index is 12.4. The van der Waals surface area contributed by atoms with E-state index >= 15 is 0 Å². The molecule has 0 radical (unpaired) electrons. The Morgan fingerprint density at radius 1 is 1.00 bits per heavy atom. The first kappa shape index (κ1) is 22.1. The van der Waals surface area contributed by atoms with Crippen molar-refractivity contribution in [1.82, 2.24) is 15.1 Å². The number of hydrogen-bond acceptors (Lipinski definition) is 5. The molecule has 3 fully saturated rings. The van der Waals surface area contributed by atoms with Gasteiger partial charge >= 0.3 is 0 Å². The van der Waals surface area contributed by atoms with Gasteiger partial charge in [-0.05, 0) is 56.5 Å². The molecule has 31 heavy (non-hydrogen) atoms.